The van der Waals surface area contributed by atoms with Gasteiger partial charge < -0.3 is 14.7 Å². The molecule has 0 aromatic carbocycles. The summed E-state index contributed by atoms with van der Waals surface area (Å²) in [5.74, 6) is 2.55. The first-order valence-corrected chi connectivity index (χ1v) is 5.94. The SMILES string of the molecule is C#CCC1CC(O)CCN1C(=O)OC(C)(C)C. The van der Waals surface area contributed by atoms with Gasteiger partial charge in [0.1, 0.15) is 5.60 Å². The van der Waals surface area contributed by atoms with Gasteiger partial charge in [-0.1, -0.05) is 0 Å². The molecule has 0 saturated carbocycles. The van der Waals surface area contributed by atoms with E-state index in [1.807, 2.05) is 20.8 Å². The number of rotatable bonds is 1. The minimum atomic E-state index is -0.506. The number of hydrogen-bond donors (Lipinski definition) is 1. The second-order valence-corrected chi connectivity index (χ2v) is 5.41. The third kappa shape index (κ3) is 4.27. The zero-order valence-corrected chi connectivity index (χ0v) is 10.8. The molecule has 1 aliphatic heterocycles. The number of carbonyl (C=O) groups excluding carboxylic acids is 1. The smallest absolute Gasteiger partial charge is 0.410 e. The van der Waals surface area contributed by atoms with E-state index in [0.717, 1.165) is 0 Å². The number of nitrogens with zero attached hydrogens (tertiary/aromatic N) is 1. The molecule has 1 amide bonds. The molecule has 17 heavy (non-hydrogen) atoms. The number of ether oxygens (including phenoxy) is 1. The van der Waals surface area contributed by atoms with Crippen molar-refractivity contribution in [2.45, 2.75) is 57.8 Å². The molecule has 1 fully saturated rings. The van der Waals surface area contributed by atoms with E-state index in [1.165, 1.54) is 0 Å². The number of terminal acetylenes is 1. The lowest BCUT2D eigenvalue weighted by atomic mass is 9.98. The number of carbonyl (C=O) groups is 1. The highest BCUT2D eigenvalue weighted by atomic mass is 16.6. The predicted octanol–water partition coefficient (Wildman–Crippen LogP) is 1.77. The maximum Gasteiger partial charge on any atom is 0.410 e. The van der Waals surface area contributed by atoms with Crippen LogP contribution in [0.1, 0.15) is 40.0 Å². The molecule has 2 atom stereocenters. The van der Waals surface area contributed by atoms with Crippen molar-refractivity contribution in [2.24, 2.45) is 0 Å². The van der Waals surface area contributed by atoms with Crippen LogP contribution in [-0.4, -0.2) is 40.4 Å². The van der Waals surface area contributed by atoms with Crippen molar-refractivity contribution in [1.29, 1.82) is 0 Å². The lowest BCUT2D eigenvalue weighted by Crippen LogP contribution is -2.49. The van der Waals surface area contributed by atoms with Crippen molar-refractivity contribution in [1.82, 2.24) is 4.90 Å². The summed E-state index contributed by atoms with van der Waals surface area (Å²) in [5, 5.41) is 9.59. The minimum absolute atomic E-state index is 0.112. The van der Waals surface area contributed by atoms with Crippen molar-refractivity contribution in [3.8, 4) is 12.3 Å². The molecule has 4 nitrogen and oxygen atoms in total. The summed E-state index contributed by atoms with van der Waals surface area (Å²) in [6.45, 7) is 6.00. The van der Waals surface area contributed by atoms with Gasteiger partial charge in [-0.3, -0.25) is 0 Å². The topological polar surface area (TPSA) is 49.8 Å². The molecular weight excluding hydrogens is 218 g/mol. The molecule has 1 N–H and O–H groups in total. The Balaban J connectivity index is 2.66. The zero-order chi connectivity index (χ0) is 13.1. The fourth-order valence-corrected chi connectivity index (χ4v) is 1.92. The van der Waals surface area contributed by atoms with Crippen LogP contribution in [0.25, 0.3) is 0 Å². The number of piperidine rings is 1. The Kier molecular flexibility index (Phi) is 4.41. The van der Waals surface area contributed by atoms with Gasteiger partial charge in [-0.05, 0) is 33.6 Å². The molecule has 0 aliphatic carbocycles. The van der Waals surface area contributed by atoms with Gasteiger partial charge in [0.25, 0.3) is 0 Å². The van der Waals surface area contributed by atoms with Gasteiger partial charge in [-0.15, -0.1) is 12.3 Å². The van der Waals surface area contributed by atoms with E-state index < -0.39 is 5.60 Å². The second kappa shape index (κ2) is 5.42. The molecule has 0 aromatic rings. The molecule has 96 valence electrons. The van der Waals surface area contributed by atoms with Crippen LogP contribution in [0.2, 0.25) is 0 Å². The molecule has 0 bridgehead atoms. The number of amides is 1. The van der Waals surface area contributed by atoms with Crippen molar-refractivity contribution >= 4 is 6.09 Å². The second-order valence-electron chi connectivity index (χ2n) is 5.41. The Morgan fingerprint density at radius 1 is 1.59 bits per heavy atom. The van der Waals surface area contributed by atoms with E-state index in [4.69, 9.17) is 11.2 Å². The summed E-state index contributed by atoms with van der Waals surface area (Å²) in [4.78, 5) is 13.6. The molecule has 0 aromatic heterocycles. The highest BCUT2D eigenvalue weighted by molar-refractivity contribution is 5.68. The minimum Gasteiger partial charge on any atom is -0.444 e. The van der Waals surface area contributed by atoms with E-state index in [0.29, 0.717) is 25.8 Å². The fourth-order valence-electron chi connectivity index (χ4n) is 1.92. The Labute approximate surface area is 103 Å². The van der Waals surface area contributed by atoms with E-state index in [1.54, 1.807) is 4.90 Å². The van der Waals surface area contributed by atoms with E-state index in [9.17, 15) is 9.90 Å². The third-order valence-corrected chi connectivity index (χ3v) is 2.67. The van der Waals surface area contributed by atoms with E-state index in [-0.39, 0.29) is 18.2 Å². The summed E-state index contributed by atoms with van der Waals surface area (Å²) < 4.78 is 5.33. The first kappa shape index (κ1) is 13.9. The van der Waals surface area contributed by atoms with Crippen molar-refractivity contribution in [2.75, 3.05) is 6.54 Å². The molecule has 1 saturated heterocycles. The van der Waals surface area contributed by atoms with Crippen LogP contribution in [-0.2, 0) is 4.74 Å². The number of aliphatic hydroxyl groups is 1. The predicted molar refractivity (Wildman–Crippen MR) is 65.4 cm³/mol. The van der Waals surface area contributed by atoms with Gasteiger partial charge in [0, 0.05) is 19.0 Å². The molecule has 1 heterocycles. The zero-order valence-electron chi connectivity index (χ0n) is 10.8. The highest BCUT2D eigenvalue weighted by Gasteiger charge is 2.32. The average molecular weight is 239 g/mol. The van der Waals surface area contributed by atoms with Crippen LogP contribution in [0.5, 0.6) is 0 Å². The van der Waals surface area contributed by atoms with Crippen LogP contribution in [0.4, 0.5) is 4.79 Å². The van der Waals surface area contributed by atoms with Crippen molar-refractivity contribution in [3.63, 3.8) is 0 Å². The van der Waals surface area contributed by atoms with Crippen LogP contribution in [0.15, 0.2) is 0 Å². The summed E-state index contributed by atoms with van der Waals surface area (Å²) >= 11 is 0. The van der Waals surface area contributed by atoms with Crippen LogP contribution in [0, 0.1) is 12.3 Å². The van der Waals surface area contributed by atoms with Gasteiger partial charge in [0.15, 0.2) is 0 Å². The summed E-state index contributed by atoms with van der Waals surface area (Å²) in [6.07, 6.45) is 6.14. The Morgan fingerprint density at radius 2 is 2.24 bits per heavy atom. The van der Waals surface area contributed by atoms with Crippen LogP contribution < -0.4 is 0 Å². The largest absolute Gasteiger partial charge is 0.444 e. The summed E-state index contributed by atoms with van der Waals surface area (Å²) in [7, 11) is 0. The van der Waals surface area contributed by atoms with Crippen molar-refractivity contribution in [3.05, 3.63) is 0 Å². The third-order valence-electron chi connectivity index (χ3n) is 2.67. The average Bonchev–Trinajstić information content (AvgIpc) is 2.15. The van der Waals surface area contributed by atoms with Gasteiger partial charge in [-0.2, -0.15) is 0 Å². The lowest BCUT2D eigenvalue weighted by Gasteiger charge is -2.37. The van der Waals surface area contributed by atoms with Gasteiger partial charge in [0.05, 0.1) is 6.10 Å². The standard InChI is InChI=1S/C13H21NO3/c1-5-6-10-9-11(15)7-8-14(10)12(16)17-13(2,3)4/h1,10-11,15H,6-9H2,2-4H3. The van der Waals surface area contributed by atoms with Gasteiger partial charge >= 0.3 is 6.09 Å². The number of hydrogen-bond acceptors (Lipinski definition) is 3. The molecule has 1 aliphatic rings. The Bertz CT molecular complexity index is 314. The molecule has 0 radical (unpaired) electrons. The maximum absolute atomic E-state index is 12.0. The fraction of sp³-hybridized carbons (Fsp3) is 0.769. The monoisotopic (exact) mass is 239 g/mol. The van der Waals surface area contributed by atoms with Crippen LogP contribution in [0.3, 0.4) is 0 Å². The number of likely N-dealkylation sites (tertiary alicyclic amines) is 1. The van der Waals surface area contributed by atoms with E-state index >= 15 is 0 Å². The number of aliphatic hydroxyl groups excluding tert-OH is 1. The summed E-state index contributed by atoms with van der Waals surface area (Å²) in [5.41, 5.74) is -0.506. The quantitative estimate of drug-likeness (QED) is 0.709. The molecule has 1 rings (SSSR count). The molecule has 0 spiro atoms. The molecule has 2 unspecified atom stereocenters. The summed E-state index contributed by atoms with van der Waals surface area (Å²) in [6, 6.07) is -0.112. The Morgan fingerprint density at radius 3 is 2.76 bits per heavy atom. The molecule has 4 heteroatoms. The van der Waals surface area contributed by atoms with Gasteiger partial charge in [-0.25, -0.2) is 4.79 Å². The first-order chi connectivity index (χ1) is 7.83. The van der Waals surface area contributed by atoms with Crippen LogP contribution >= 0.6 is 0 Å². The first-order valence-electron chi connectivity index (χ1n) is 5.94. The van der Waals surface area contributed by atoms with E-state index in [2.05, 4.69) is 5.92 Å². The molecular formula is C13H21NO3. The maximum atomic E-state index is 12.0. The lowest BCUT2D eigenvalue weighted by molar-refractivity contribution is -0.00688. The van der Waals surface area contributed by atoms with Crippen molar-refractivity contribution < 1.29 is 14.6 Å². The highest BCUT2D eigenvalue weighted by Crippen LogP contribution is 2.22. The van der Waals surface area contributed by atoms with Gasteiger partial charge in [0.2, 0.25) is 0 Å². The normalized spacial score (nSPS) is 25.2. The Hall–Kier alpha value is -1.21.